The Bertz CT molecular complexity index is 446. The van der Waals surface area contributed by atoms with Crippen molar-refractivity contribution in [2.75, 3.05) is 32.0 Å². The summed E-state index contributed by atoms with van der Waals surface area (Å²) in [4.78, 5) is 14.2. The van der Waals surface area contributed by atoms with Crippen LogP contribution in [0.5, 0.6) is 0 Å². The highest BCUT2D eigenvalue weighted by molar-refractivity contribution is 6.30. The topological polar surface area (TPSA) is 44.4 Å². The van der Waals surface area contributed by atoms with E-state index in [0.29, 0.717) is 17.5 Å². The van der Waals surface area contributed by atoms with E-state index in [1.165, 1.54) is 0 Å². The Balaban J connectivity index is 1.74. The molecule has 0 spiro atoms. The fourth-order valence-corrected chi connectivity index (χ4v) is 2.69. The Morgan fingerprint density at radius 3 is 2.90 bits per heavy atom. The molecule has 1 heterocycles. The Kier molecular flexibility index (Phi) is 5.83. The van der Waals surface area contributed by atoms with E-state index >= 15 is 0 Å². The standard InChI is InChI=1S/C15H22ClN3O/c1-19(14-5-8-17-9-6-14)10-7-15(20)18-13-4-2-3-12(16)11-13/h2-4,11,14,17H,5-10H2,1H3,(H,18,20). The Morgan fingerprint density at radius 2 is 2.20 bits per heavy atom. The number of amides is 1. The third-order valence-electron chi connectivity index (χ3n) is 3.73. The van der Waals surface area contributed by atoms with Gasteiger partial charge in [0.15, 0.2) is 0 Å². The molecule has 0 aliphatic carbocycles. The number of carbonyl (C=O) groups is 1. The number of carbonyl (C=O) groups excluding carboxylic acids is 1. The molecule has 0 radical (unpaired) electrons. The average Bonchev–Trinajstić information content (AvgIpc) is 2.46. The van der Waals surface area contributed by atoms with Crippen molar-refractivity contribution in [3.05, 3.63) is 29.3 Å². The highest BCUT2D eigenvalue weighted by Gasteiger charge is 2.18. The van der Waals surface area contributed by atoms with Crippen LogP contribution in [0.4, 0.5) is 5.69 Å². The molecular formula is C15H22ClN3O. The predicted octanol–water partition coefficient (Wildman–Crippen LogP) is 2.35. The van der Waals surface area contributed by atoms with Gasteiger partial charge in [-0.3, -0.25) is 4.79 Å². The second-order valence-electron chi connectivity index (χ2n) is 5.27. The van der Waals surface area contributed by atoms with Gasteiger partial charge < -0.3 is 15.5 Å². The van der Waals surface area contributed by atoms with Gasteiger partial charge in [-0.1, -0.05) is 17.7 Å². The molecule has 2 rings (SSSR count). The van der Waals surface area contributed by atoms with Crippen LogP contribution in [0.2, 0.25) is 5.02 Å². The molecule has 0 aromatic heterocycles. The molecule has 0 atom stereocenters. The van der Waals surface area contributed by atoms with Crippen molar-refractivity contribution >= 4 is 23.2 Å². The number of hydrogen-bond donors (Lipinski definition) is 2. The molecule has 20 heavy (non-hydrogen) atoms. The second kappa shape index (κ2) is 7.62. The van der Waals surface area contributed by atoms with Crippen molar-refractivity contribution in [3.8, 4) is 0 Å². The molecule has 1 aromatic rings. The summed E-state index contributed by atoms with van der Waals surface area (Å²) in [5.41, 5.74) is 0.756. The maximum Gasteiger partial charge on any atom is 0.225 e. The zero-order chi connectivity index (χ0) is 14.4. The molecule has 1 saturated heterocycles. The highest BCUT2D eigenvalue weighted by atomic mass is 35.5. The molecule has 0 saturated carbocycles. The summed E-state index contributed by atoms with van der Waals surface area (Å²) < 4.78 is 0. The number of nitrogens with one attached hydrogen (secondary N) is 2. The largest absolute Gasteiger partial charge is 0.326 e. The first-order chi connectivity index (χ1) is 9.65. The molecule has 1 fully saturated rings. The van der Waals surface area contributed by atoms with Gasteiger partial charge >= 0.3 is 0 Å². The average molecular weight is 296 g/mol. The van der Waals surface area contributed by atoms with E-state index in [4.69, 9.17) is 11.6 Å². The summed E-state index contributed by atoms with van der Waals surface area (Å²) in [6, 6.07) is 7.83. The molecule has 1 aromatic carbocycles. The first kappa shape index (κ1) is 15.3. The van der Waals surface area contributed by atoms with Crippen LogP contribution < -0.4 is 10.6 Å². The van der Waals surface area contributed by atoms with Gasteiger partial charge in [0.05, 0.1) is 0 Å². The lowest BCUT2D eigenvalue weighted by atomic mass is 10.1. The summed E-state index contributed by atoms with van der Waals surface area (Å²) >= 11 is 5.89. The van der Waals surface area contributed by atoms with Crippen LogP contribution in [0.25, 0.3) is 0 Å². The van der Waals surface area contributed by atoms with Crippen molar-refractivity contribution < 1.29 is 4.79 Å². The molecular weight excluding hydrogens is 274 g/mol. The maximum absolute atomic E-state index is 11.9. The predicted molar refractivity (Wildman–Crippen MR) is 83.2 cm³/mol. The van der Waals surface area contributed by atoms with Crippen LogP contribution in [0, 0.1) is 0 Å². The van der Waals surface area contributed by atoms with Gasteiger partial charge in [-0.05, 0) is 51.2 Å². The number of halogens is 1. The minimum Gasteiger partial charge on any atom is -0.326 e. The van der Waals surface area contributed by atoms with Crippen LogP contribution in [0.1, 0.15) is 19.3 Å². The SMILES string of the molecule is CN(CCC(=O)Nc1cccc(Cl)c1)C1CCNCC1. The third-order valence-corrected chi connectivity index (χ3v) is 3.97. The zero-order valence-electron chi connectivity index (χ0n) is 11.9. The summed E-state index contributed by atoms with van der Waals surface area (Å²) in [7, 11) is 2.10. The van der Waals surface area contributed by atoms with Gasteiger partial charge in [-0.25, -0.2) is 0 Å². The van der Waals surface area contributed by atoms with Crippen molar-refractivity contribution in [3.63, 3.8) is 0 Å². The fraction of sp³-hybridized carbons (Fsp3) is 0.533. The quantitative estimate of drug-likeness (QED) is 0.876. The van der Waals surface area contributed by atoms with Crippen molar-refractivity contribution in [1.82, 2.24) is 10.2 Å². The van der Waals surface area contributed by atoms with Crippen LogP contribution in [0.15, 0.2) is 24.3 Å². The van der Waals surface area contributed by atoms with E-state index < -0.39 is 0 Å². The molecule has 110 valence electrons. The number of anilines is 1. The van der Waals surface area contributed by atoms with Gasteiger partial charge in [0.1, 0.15) is 0 Å². The Labute approximate surface area is 125 Å². The van der Waals surface area contributed by atoms with Gasteiger partial charge in [0.25, 0.3) is 0 Å². The van der Waals surface area contributed by atoms with E-state index in [1.807, 2.05) is 12.1 Å². The Hall–Kier alpha value is -1.10. The lowest BCUT2D eigenvalue weighted by Gasteiger charge is -2.31. The summed E-state index contributed by atoms with van der Waals surface area (Å²) in [5, 5.41) is 6.87. The molecule has 1 aliphatic heterocycles. The van der Waals surface area contributed by atoms with Crippen LogP contribution in [0.3, 0.4) is 0 Å². The van der Waals surface area contributed by atoms with E-state index in [2.05, 4.69) is 22.6 Å². The van der Waals surface area contributed by atoms with E-state index in [-0.39, 0.29) is 5.91 Å². The Morgan fingerprint density at radius 1 is 1.45 bits per heavy atom. The highest BCUT2D eigenvalue weighted by Crippen LogP contribution is 2.15. The van der Waals surface area contributed by atoms with Crippen LogP contribution in [-0.4, -0.2) is 43.5 Å². The number of rotatable bonds is 5. The van der Waals surface area contributed by atoms with Crippen molar-refractivity contribution in [1.29, 1.82) is 0 Å². The molecule has 1 amide bonds. The van der Waals surface area contributed by atoms with E-state index in [1.54, 1.807) is 12.1 Å². The number of piperidine rings is 1. The first-order valence-corrected chi connectivity index (χ1v) is 7.49. The molecule has 2 N–H and O–H groups in total. The first-order valence-electron chi connectivity index (χ1n) is 7.11. The molecule has 4 nitrogen and oxygen atoms in total. The molecule has 1 aliphatic rings. The normalized spacial score (nSPS) is 16.4. The second-order valence-corrected chi connectivity index (χ2v) is 5.71. The summed E-state index contributed by atoms with van der Waals surface area (Å²) in [6.07, 6.45) is 2.83. The van der Waals surface area contributed by atoms with Crippen LogP contribution in [-0.2, 0) is 4.79 Å². The molecule has 5 heteroatoms. The smallest absolute Gasteiger partial charge is 0.225 e. The third kappa shape index (κ3) is 4.78. The van der Waals surface area contributed by atoms with Gasteiger partial charge in [-0.2, -0.15) is 0 Å². The van der Waals surface area contributed by atoms with E-state index in [0.717, 1.165) is 38.2 Å². The minimum atomic E-state index is 0.0352. The van der Waals surface area contributed by atoms with Gasteiger partial charge in [0, 0.05) is 29.7 Å². The molecule has 0 unspecified atom stereocenters. The molecule has 0 bridgehead atoms. The number of nitrogens with zero attached hydrogens (tertiary/aromatic N) is 1. The lowest BCUT2D eigenvalue weighted by Crippen LogP contribution is -2.42. The lowest BCUT2D eigenvalue weighted by molar-refractivity contribution is -0.116. The van der Waals surface area contributed by atoms with Crippen molar-refractivity contribution in [2.24, 2.45) is 0 Å². The van der Waals surface area contributed by atoms with Gasteiger partial charge in [-0.15, -0.1) is 0 Å². The minimum absolute atomic E-state index is 0.0352. The number of hydrogen-bond acceptors (Lipinski definition) is 3. The van der Waals surface area contributed by atoms with Crippen molar-refractivity contribution in [2.45, 2.75) is 25.3 Å². The van der Waals surface area contributed by atoms with Crippen LogP contribution >= 0.6 is 11.6 Å². The van der Waals surface area contributed by atoms with Gasteiger partial charge in [0.2, 0.25) is 5.91 Å². The van der Waals surface area contributed by atoms with E-state index in [9.17, 15) is 4.79 Å². The maximum atomic E-state index is 11.9. The fourth-order valence-electron chi connectivity index (χ4n) is 2.50. The monoisotopic (exact) mass is 295 g/mol. The zero-order valence-corrected chi connectivity index (χ0v) is 12.6. The summed E-state index contributed by atoms with van der Waals surface area (Å²) in [6.45, 7) is 2.94. The summed E-state index contributed by atoms with van der Waals surface area (Å²) in [5.74, 6) is 0.0352. The number of benzene rings is 1.